The molecule has 1 saturated carbocycles. The van der Waals surface area contributed by atoms with Gasteiger partial charge in [0.25, 0.3) is 5.91 Å². The Morgan fingerprint density at radius 3 is 3.00 bits per heavy atom. The number of pyridine rings is 1. The van der Waals surface area contributed by atoms with Crippen molar-refractivity contribution in [3.05, 3.63) is 23.3 Å². The van der Waals surface area contributed by atoms with E-state index in [1.807, 2.05) is 6.07 Å². The normalized spacial score (nSPS) is 25.3. The van der Waals surface area contributed by atoms with E-state index in [4.69, 9.17) is 5.73 Å². The van der Waals surface area contributed by atoms with Crippen LogP contribution in [0, 0.1) is 11.8 Å². The summed E-state index contributed by atoms with van der Waals surface area (Å²) in [6.45, 7) is 4.46. The SMILES string of the molecule is CCC1CCC(NC(=O)c2sc3cnccc3c2N)C1C. The van der Waals surface area contributed by atoms with Gasteiger partial charge in [0.1, 0.15) is 4.88 Å². The predicted molar refractivity (Wildman–Crippen MR) is 87.5 cm³/mol. The number of nitrogens with zero attached hydrogens (tertiary/aromatic N) is 1. The molecule has 5 heteroatoms. The number of hydrogen-bond acceptors (Lipinski definition) is 4. The third kappa shape index (κ3) is 2.50. The van der Waals surface area contributed by atoms with Crippen LogP contribution in [-0.4, -0.2) is 16.9 Å². The highest BCUT2D eigenvalue weighted by molar-refractivity contribution is 7.21. The van der Waals surface area contributed by atoms with Crippen LogP contribution in [-0.2, 0) is 0 Å². The van der Waals surface area contributed by atoms with Crippen molar-refractivity contribution in [2.24, 2.45) is 11.8 Å². The molecule has 1 aliphatic carbocycles. The first-order valence-electron chi connectivity index (χ1n) is 7.54. The fourth-order valence-corrected chi connectivity index (χ4v) is 4.39. The van der Waals surface area contributed by atoms with Gasteiger partial charge in [-0.15, -0.1) is 11.3 Å². The van der Waals surface area contributed by atoms with Gasteiger partial charge >= 0.3 is 0 Å². The van der Waals surface area contributed by atoms with E-state index >= 15 is 0 Å². The summed E-state index contributed by atoms with van der Waals surface area (Å²) in [5.41, 5.74) is 6.70. The number of nitrogens with one attached hydrogen (secondary N) is 1. The summed E-state index contributed by atoms with van der Waals surface area (Å²) in [4.78, 5) is 17.2. The smallest absolute Gasteiger partial charge is 0.263 e. The van der Waals surface area contributed by atoms with E-state index < -0.39 is 0 Å². The second kappa shape index (κ2) is 5.64. The molecule has 0 saturated heterocycles. The molecule has 0 aliphatic heterocycles. The quantitative estimate of drug-likeness (QED) is 0.912. The molecule has 3 unspecified atom stereocenters. The van der Waals surface area contributed by atoms with Crippen molar-refractivity contribution in [3.63, 3.8) is 0 Å². The molecule has 2 aromatic rings. The summed E-state index contributed by atoms with van der Waals surface area (Å²) in [7, 11) is 0. The minimum Gasteiger partial charge on any atom is -0.397 e. The zero-order valence-electron chi connectivity index (χ0n) is 12.4. The molecule has 21 heavy (non-hydrogen) atoms. The highest BCUT2D eigenvalue weighted by atomic mass is 32.1. The maximum Gasteiger partial charge on any atom is 0.263 e. The second-order valence-electron chi connectivity index (χ2n) is 5.90. The van der Waals surface area contributed by atoms with Crippen molar-refractivity contribution in [3.8, 4) is 0 Å². The van der Waals surface area contributed by atoms with Crippen molar-refractivity contribution in [1.82, 2.24) is 10.3 Å². The van der Waals surface area contributed by atoms with Gasteiger partial charge in [-0.3, -0.25) is 9.78 Å². The first-order chi connectivity index (χ1) is 10.1. The number of aromatic nitrogens is 1. The Balaban J connectivity index is 1.80. The average molecular weight is 303 g/mol. The van der Waals surface area contributed by atoms with E-state index in [9.17, 15) is 4.79 Å². The first kappa shape index (κ1) is 14.3. The lowest BCUT2D eigenvalue weighted by molar-refractivity contribution is 0.0931. The van der Waals surface area contributed by atoms with Crippen LogP contribution < -0.4 is 11.1 Å². The molecule has 1 amide bonds. The van der Waals surface area contributed by atoms with Gasteiger partial charge in [-0.05, 0) is 30.7 Å². The van der Waals surface area contributed by atoms with Crippen LogP contribution in [0.5, 0.6) is 0 Å². The molecular weight excluding hydrogens is 282 g/mol. The molecule has 0 aromatic carbocycles. The van der Waals surface area contributed by atoms with Crippen molar-refractivity contribution >= 4 is 33.0 Å². The number of carbonyl (C=O) groups is 1. The topological polar surface area (TPSA) is 68.0 Å². The van der Waals surface area contributed by atoms with E-state index in [1.54, 1.807) is 12.4 Å². The third-order valence-electron chi connectivity index (χ3n) is 4.81. The Morgan fingerprint density at radius 1 is 1.52 bits per heavy atom. The number of rotatable bonds is 3. The summed E-state index contributed by atoms with van der Waals surface area (Å²) in [5.74, 6) is 1.22. The van der Waals surface area contributed by atoms with Crippen LogP contribution in [0.3, 0.4) is 0 Å². The Morgan fingerprint density at radius 2 is 2.33 bits per heavy atom. The Labute approximate surface area is 128 Å². The Kier molecular flexibility index (Phi) is 3.85. The lowest BCUT2D eigenvalue weighted by Crippen LogP contribution is -2.37. The van der Waals surface area contributed by atoms with Crippen molar-refractivity contribution in [2.45, 2.75) is 39.2 Å². The summed E-state index contributed by atoms with van der Waals surface area (Å²) in [6.07, 6.45) is 6.92. The lowest BCUT2D eigenvalue weighted by atomic mass is 9.93. The summed E-state index contributed by atoms with van der Waals surface area (Å²) >= 11 is 1.42. The Bertz CT molecular complexity index is 667. The molecule has 1 aliphatic rings. The standard InChI is InChI=1S/C16H21N3OS/c1-3-10-4-5-12(9(10)2)19-16(20)15-14(17)11-6-7-18-8-13(11)21-15/h6-10,12H,3-5,17H2,1-2H3,(H,19,20). The molecule has 0 radical (unpaired) electrons. The highest BCUT2D eigenvalue weighted by Gasteiger charge is 2.33. The molecule has 1 fully saturated rings. The molecule has 3 atom stereocenters. The zero-order chi connectivity index (χ0) is 15.0. The van der Waals surface area contributed by atoms with E-state index in [1.165, 1.54) is 24.2 Å². The van der Waals surface area contributed by atoms with Crippen LogP contribution in [0.15, 0.2) is 18.5 Å². The lowest BCUT2D eigenvalue weighted by Gasteiger charge is -2.20. The second-order valence-corrected chi connectivity index (χ2v) is 6.95. The number of nitrogens with two attached hydrogens (primary N) is 1. The fraction of sp³-hybridized carbons (Fsp3) is 0.500. The number of amides is 1. The van der Waals surface area contributed by atoms with E-state index in [0.717, 1.165) is 22.4 Å². The minimum atomic E-state index is -0.0395. The van der Waals surface area contributed by atoms with Crippen LogP contribution in [0.4, 0.5) is 5.69 Å². The van der Waals surface area contributed by atoms with Gasteiger partial charge in [0.15, 0.2) is 0 Å². The molecule has 0 bridgehead atoms. The summed E-state index contributed by atoms with van der Waals surface area (Å²) in [6, 6.07) is 2.13. The van der Waals surface area contributed by atoms with Gasteiger partial charge in [-0.1, -0.05) is 20.3 Å². The molecule has 2 heterocycles. The average Bonchev–Trinajstić information content (AvgIpc) is 3.01. The van der Waals surface area contributed by atoms with Crippen LogP contribution in [0.1, 0.15) is 42.8 Å². The van der Waals surface area contributed by atoms with Crippen molar-refractivity contribution in [2.75, 3.05) is 5.73 Å². The van der Waals surface area contributed by atoms with Gasteiger partial charge in [-0.2, -0.15) is 0 Å². The molecule has 0 spiro atoms. The van der Waals surface area contributed by atoms with E-state index in [-0.39, 0.29) is 11.9 Å². The van der Waals surface area contributed by atoms with Crippen LogP contribution in [0.25, 0.3) is 10.1 Å². The number of hydrogen-bond donors (Lipinski definition) is 2. The number of anilines is 1. The molecule has 2 aromatic heterocycles. The fourth-order valence-electron chi connectivity index (χ4n) is 3.40. The van der Waals surface area contributed by atoms with Crippen molar-refractivity contribution < 1.29 is 4.79 Å². The maximum absolute atomic E-state index is 12.5. The number of carbonyl (C=O) groups excluding carboxylic acids is 1. The number of fused-ring (bicyclic) bond motifs is 1. The van der Waals surface area contributed by atoms with Crippen LogP contribution >= 0.6 is 11.3 Å². The largest absolute Gasteiger partial charge is 0.397 e. The Hall–Kier alpha value is -1.62. The predicted octanol–water partition coefficient (Wildman–Crippen LogP) is 3.43. The summed E-state index contributed by atoms with van der Waals surface area (Å²) in [5, 5.41) is 4.10. The van der Waals surface area contributed by atoms with Crippen molar-refractivity contribution in [1.29, 1.82) is 0 Å². The van der Waals surface area contributed by atoms with Gasteiger partial charge in [-0.25, -0.2) is 0 Å². The molecule has 112 valence electrons. The molecular formula is C16H21N3OS. The zero-order valence-corrected chi connectivity index (χ0v) is 13.2. The van der Waals surface area contributed by atoms with Gasteiger partial charge in [0.05, 0.1) is 10.4 Å². The first-order valence-corrected chi connectivity index (χ1v) is 8.36. The maximum atomic E-state index is 12.5. The van der Waals surface area contributed by atoms with E-state index in [0.29, 0.717) is 16.5 Å². The van der Waals surface area contributed by atoms with E-state index in [2.05, 4.69) is 24.1 Å². The monoisotopic (exact) mass is 303 g/mol. The highest BCUT2D eigenvalue weighted by Crippen LogP contribution is 2.36. The number of thiophene rings is 1. The van der Waals surface area contributed by atoms with Gasteiger partial charge in [0.2, 0.25) is 0 Å². The number of nitrogen functional groups attached to an aromatic ring is 1. The molecule has 3 rings (SSSR count). The summed E-state index contributed by atoms with van der Waals surface area (Å²) < 4.78 is 0.964. The third-order valence-corrected chi connectivity index (χ3v) is 5.96. The minimum absolute atomic E-state index is 0.0395. The van der Waals surface area contributed by atoms with Crippen LogP contribution in [0.2, 0.25) is 0 Å². The molecule has 3 N–H and O–H groups in total. The molecule has 4 nitrogen and oxygen atoms in total. The van der Waals surface area contributed by atoms with Gasteiger partial charge in [0, 0.05) is 23.8 Å². The van der Waals surface area contributed by atoms with Gasteiger partial charge < -0.3 is 11.1 Å².